The molecule has 3 N–H and O–H groups in total. The molecule has 0 aliphatic rings. The van der Waals surface area contributed by atoms with E-state index in [2.05, 4.69) is 21.2 Å². The van der Waals surface area contributed by atoms with E-state index in [1.54, 1.807) is 24.3 Å². The molecule has 0 aliphatic carbocycles. The Kier molecular flexibility index (Phi) is 4.45. The normalized spacial score (nSPS) is 12.2. The Morgan fingerprint density at radius 1 is 1.45 bits per heavy atom. The molecule has 1 aromatic carbocycles. The van der Waals surface area contributed by atoms with Crippen LogP contribution in [0.5, 0.6) is 0 Å². The molecule has 0 aliphatic heterocycles. The summed E-state index contributed by atoms with van der Waals surface area (Å²) in [4.78, 5) is 12.3. The Morgan fingerprint density at radius 2 is 2.15 bits per heavy atom. The fourth-order valence-electron chi connectivity index (χ4n) is 1.83. The standard InChI is InChI=1S/C14H14BrFN2OS/c1-7-11(16)3-9(14(17)19)4-12(7)18-8(2)13-5-10(15)6-20-13/h3-6,8,18H,1-2H3,(H2,17,19). The maximum absolute atomic E-state index is 13.8. The number of rotatable bonds is 4. The van der Waals surface area contributed by atoms with Crippen LogP contribution in [-0.4, -0.2) is 5.91 Å². The number of halogens is 2. The third-order valence-electron chi connectivity index (χ3n) is 3.02. The highest BCUT2D eigenvalue weighted by Crippen LogP contribution is 2.30. The van der Waals surface area contributed by atoms with Crippen LogP contribution in [0.3, 0.4) is 0 Å². The average Bonchev–Trinajstić information content (AvgIpc) is 2.81. The molecule has 20 heavy (non-hydrogen) atoms. The highest BCUT2D eigenvalue weighted by Gasteiger charge is 2.14. The maximum Gasteiger partial charge on any atom is 0.248 e. The van der Waals surface area contributed by atoms with Gasteiger partial charge in [-0.15, -0.1) is 11.3 Å². The molecular weight excluding hydrogens is 343 g/mol. The number of benzene rings is 1. The van der Waals surface area contributed by atoms with E-state index in [9.17, 15) is 9.18 Å². The van der Waals surface area contributed by atoms with E-state index < -0.39 is 11.7 Å². The van der Waals surface area contributed by atoms with Crippen LogP contribution in [-0.2, 0) is 0 Å². The number of hydrogen-bond acceptors (Lipinski definition) is 3. The number of carbonyl (C=O) groups is 1. The van der Waals surface area contributed by atoms with Crippen molar-refractivity contribution in [3.63, 3.8) is 0 Å². The molecule has 1 unspecified atom stereocenters. The molecule has 2 aromatic rings. The number of hydrogen-bond donors (Lipinski definition) is 2. The molecule has 0 saturated carbocycles. The van der Waals surface area contributed by atoms with E-state index >= 15 is 0 Å². The van der Waals surface area contributed by atoms with Crippen LogP contribution in [0.2, 0.25) is 0 Å². The molecular formula is C14H14BrFN2OS. The number of amides is 1. The second-order valence-electron chi connectivity index (χ2n) is 4.53. The van der Waals surface area contributed by atoms with Gasteiger partial charge in [-0.25, -0.2) is 4.39 Å². The van der Waals surface area contributed by atoms with Gasteiger partial charge in [-0.2, -0.15) is 0 Å². The third kappa shape index (κ3) is 3.19. The lowest BCUT2D eigenvalue weighted by atomic mass is 10.1. The molecule has 1 atom stereocenters. The predicted molar refractivity (Wildman–Crippen MR) is 83.7 cm³/mol. The van der Waals surface area contributed by atoms with E-state index in [0.29, 0.717) is 11.3 Å². The van der Waals surface area contributed by atoms with Crippen molar-refractivity contribution in [2.75, 3.05) is 5.32 Å². The summed E-state index contributed by atoms with van der Waals surface area (Å²) in [5.74, 6) is -1.08. The zero-order chi connectivity index (χ0) is 14.9. The molecule has 0 bridgehead atoms. The molecule has 106 valence electrons. The van der Waals surface area contributed by atoms with Crippen molar-refractivity contribution in [3.05, 3.63) is 49.9 Å². The van der Waals surface area contributed by atoms with Crippen LogP contribution in [0.25, 0.3) is 0 Å². The number of nitrogens with two attached hydrogens (primary N) is 1. The van der Waals surface area contributed by atoms with E-state index in [0.717, 1.165) is 15.4 Å². The fraction of sp³-hybridized carbons (Fsp3) is 0.214. The largest absolute Gasteiger partial charge is 0.377 e. The fourth-order valence-corrected chi connectivity index (χ4v) is 3.28. The number of primary amides is 1. The molecule has 0 fully saturated rings. The molecule has 1 amide bonds. The first-order chi connectivity index (χ1) is 9.38. The van der Waals surface area contributed by atoms with E-state index in [-0.39, 0.29) is 11.6 Å². The summed E-state index contributed by atoms with van der Waals surface area (Å²) in [6.07, 6.45) is 0. The summed E-state index contributed by atoms with van der Waals surface area (Å²) in [7, 11) is 0. The van der Waals surface area contributed by atoms with Crippen molar-refractivity contribution in [1.82, 2.24) is 0 Å². The van der Waals surface area contributed by atoms with Crippen LogP contribution >= 0.6 is 27.3 Å². The van der Waals surface area contributed by atoms with Crippen LogP contribution in [0.1, 0.15) is 33.8 Å². The van der Waals surface area contributed by atoms with Crippen LogP contribution in [0.15, 0.2) is 28.1 Å². The summed E-state index contributed by atoms with van der Waals surface area (Å²) in [5, 5.41) is 5.20. The Bertz CT molecular complexity index is 657. The summed E-state index contributed by atoms with van der Waals surface area (Å²) in [6, 6.07) is 4.76. The predicted octanol–water partition coefficient (Wildman–Crippen LogP) is 4.23. The second-order valence-corrected chi connectivity index (χ2v) is 6.39. The SMILES string of the molecule is Cc1c(F)cc(C(N)=O)cc1NC(C)c1cc(Br)cs1. The zero-order valence-corrected chi connectivity index (χ0v) is 13.4. The van der Waals surface area contributed by atoms with Gasteiger partial charge in [-0.1, -0.05) is 0 Å². The van der Waals surface area contributed by atoms with Gasteiger partial charge in [0.25, 0.3) is 0 Å². The van der Waals surface area contributed by atoms with E-state index in [4.69, 9.17) is 5.73 Å². The minimum Gasteiger partial charge on any atom is -0.377 e. The Labute approximate surface area is 129 Å². The first-order valence-corrected chi connectivity index (χ1v) is 7.66. The highest BCUT2D eigenvalue weighted by atomic mass is 79.9. The maximum atomic E-state index is 13.8. The molecule has 0 radical (unpaired) electrons. The van der Waals surface area contributed by atoms with Gasteiger partial charge in [0.05, 0.1) is 6.04 Å². The van der Waals surface area contributed by atoms with Crippen molar-refractivity contribution in [2.45, 2.75) is 19.9 Å². The topological polar surface area (TPSA) is 55.1 Å². The molecule has 1 aromatic heterocycles. The van der Waals surface area contributed by atoms with Gasteiger partial charge in [0.2, 0.25) is 5.91 Å². The van der Waals surface area contributed by atoms with Crippen molar-refractivity contribution in [2.24, 2.45) is 5.73 Å². The Balaban J connectivity index is 2.30. The summed E-state index contributed by atoms with van der Waals surface area (Å²) in [6.45, 7) is 3.64. The number of carbonyl (C=O) groups excluding carboxylic acids is 1. The third-order valence-corrected chi connectivity index (χ3v) is 4.89. The first kappa shape index (κ1) is 15.0. The van der Waals surface area contributed by atoms with Crippen LogP contribution in [0, 0.1) is 12.7 Å². The van der Waals surface area contributed by atoms with E-state index in [1.807, 2.05) is 18.4 Å². The smallest absolute Gasteiger partial charge is 0.248 e. The van der Waals surface area contributed by atoms with Gasteiger partial charge in [-0.05, 0) is 48.0 Å². The molecule has 6 heteroatoms. The first-order valence-electron chi connectivity index (χ1n) is 5.99. The van der Waals surface area contributed by atoms with Gasteiger partial charge < -0.3 is 11.1 Å². The van der Waals surface area contributed by atoms with Crippen molar-refractivity contribution in [1.29, 1.82) is 0 Å². The van der Waals surface area contributed by atoms with Crippen molar-refractivity contribution < 1.29 is 9.18 Å². The Morgan fingerprint density at radius 3 is 2.70 bits per heavy atom. The van der Waals surface area contributed by atoms with Gasteiger partial charge in [0, 0.05) is 31.5 Å². The number of anilines is 1. The van der Waals surface area contributed by atoms with Crippen molar-refractivity contribution >= 4 is 38.9 Å². The van der Waals surface area contributed by atoms with Crippen molar-refractivity contribution in [3.8, 4) is 0 Å². The average molecular weight is 357 g/mol. The molecule has 1 heterocycles. The van der Waals surface area contributed by atoms with Crippen LogP contribution in [0.4, 0.5) is 10.1 Å². The lowest BCUT2D eigenvalue weighted by Crippen LogP contribution is -2.14. The summed E-state index contributed by atoms with van der Waals surface area (Å²) < 4.78 is 14.8. The van der Waals surface area contributed by atoms with Crippen LogP contribution < -0.4 is 11.1 Å². The molecule has 0 spiro atoms. The lowest BCUT2D eigenvalue weighted by molar-refractivity contribution is 0.1000. The Hall–Kier alpha value is -1.40. The van der Waals surface area contributed by atoms with Gasteiger partial charge in [0.15, 0.2) is 0 Å². The second kappa shape index (κ2) is 5.93. The number of nitrogens with one attached hydrogen (secondary N) is 1. The molecule has 3 nitrogen and oxygen atoms in total. The minimum absolute atomic E-state index is 0.00697. The van der Waals surface area contributed by atoms with E-state index in [1.165, 1.54) is 0 Å². The van der Waals surface area contributed by atoms with Gasteiger partial charge in [-0.3, -0.25) is 4.79 Å². The zero-order valence-electron chi connectivity index (χ0n) is 11.0. The summed E-state index contributed by atoms with van der Waals surface area (Å²) in [5.41, 5.74) is 6.42. The minimum atomic E-state index is -0.640. The quantitative estimate of drug-likeness (QED) is 0.860. The molecule has 0 saturated heterocycles. The highest BCUT2D eigenvalue weighted by molar-refractivity contribution is 9.10. The summed E-state index contributed by atoms with van der Waals surface area (Å²) >= 11 is 5.01. The van der Waals surface area contributed by atoms with Gasteiger partial charge >= 0.3 is 0 Å². The number of thiophene rings is 1. The monoisotopic (exact) mass is 356 g/mol. The van der Waals surface area contributed by atoms with Gasteiger partial charge in [0.1, 0.15) is 5.82 Å². The lowest BCUT2D eigenvalue weighted by Gasteiger charge is -2.17. The molecule has 2 rings (SSSR count).